The van der Waals surface area contributed by atoms with Crippen molar-refractivity contribution < 1.29 is 9.13 Å². The van der Waals surface area contributed by atoms with Crippen LogP contribution in [0.2, 0.25) is 0 Å². The third kappa shape index (κ3) is 3.43. The lowest BCUT2D eigenvalue weighted by Gasteiger charge is -2.12. The fourth-order valence-electron chi connectivity index (χ4n) is 1.85. The largest absolute Gasteiger partial charge is 0.490 e. The predicted molar refractivity (Wildman–Crippen MR) is 66.7 cm³/mol. The van der Waals surface area contributed by atoms with E-state index in [4.69, 9.17) is 10.5 Å². The maximum Gasteiger partial charge on any atom is 0.165 e. The number of hydrogen-bond acceptors (Lipinski definition) is 2. The summed E-state index contributed by atoms with van der Waals surface area (Å²) in [6.07, 6.45) is 3.31. The lowest BCUT2D eigenvalue weighted by atomic mass is 9.98. The molecule has 1 atom stereocenters. The molecule has 0 radical (unpaired) electrons. The number of nitrogens with two attached hydrogens (primary N) is 1. The van der Waals surface area contributed by atoms with E-state index in [2.05, 4.69) is 6.92 Å². The summed E-state index contributed by atoms with van der Waals surface area (Å²) >= 11 is 0. The molecule has 0 heterocycles. The molecule has 3 heteroatoms. The SMILES string of the molecule is CC(CCN)c1ccc(OCC2CC2)c(F)c1. The minimum atomic E-state index is -0.257. The molecule has 1 saturated carbocycles. The normalized spacial score (nSPS) is 16.9. The molecule has 1 aromatic carbocycles. The van der Waals surface area contributed by atoms with E-state index in [9.17, 15) is 4.39 Å². The van der Waals surface area contributed by atoms with Crippen LogP contribution in [0.1, 0.15) is 37.7 Å². The van der Waals surface area contributed by atoms with Crippen molar-refractivity contribution >= 4 is 0 Å². The second kappa shape index (κ2) is 5.50. The second-order valence-corrected chi connectivity index (χ2v) is 4.92. The first-order valence-corrected chi connectivity index (χ1v) is 6.33. The Morgan fingerprint density at radius 3 is 2.82 bits per heavy atom. The lowest BCUT2D eigenvalue weighted by molar-refractivity contribution is 0.285. The molecule has 1 aliphatic carbocycles. The average Bonchev–Trinajstić information content (AvgIpc) is 3.11. The molecule has 0 bridgehead atoms. The van der Waals surface area contributed by atoms with E-state index in [1.807, 2.05) is 6.07 Å². The first-order valence-electron chi connectivity index (χ1n) is 6.33. The van der Waals surface area contributed by atoms with Gasteiger partial charge in [-0.1, -0.05) is 13.0 Å². The maximum absolute atomic E-state index is 13.8. The Morgan fingerprint density at radius 2 is 2.24 bits per heavy atom. The van der Waals surface area contributed by atoms with Crippen molar-refractivity contribution in [2.24, 2.45) is 11.7 Å². The van der Waals surface area contributed by atoms with Gasteiger partial charge in [-0.25, -0.2) is 4.39 Å². The first kappa shape index (κ1) is 12.4. The van der Waals surface area contributed by atoms with Crippen molar-refractivity contribution in [3.8, 4) is 5.75 Å². The zero-order valence-corrected chi connectivity index (χ0v) is 10.3. The van der Waals surface area contributed by atoms with Gasteiger partial charge < -0.3 is 10.5 Å². The number of rotatable bonds is 6. The van der Waals surface area contributed by atoms with Gasteiger partial charge in [0.15, 0.2) is 11.6 Å². The van der Waals surface area contributed by atoms with E-state index in [0.717, 1.165) is 12.0 Å². The number of halogens is 1. The zero-order valence-electron chi connectivity index (χ0n) is 10.3. The van der Waals surface area contributed by atoms with Crippen molar-refractivity contribution in [3.63, 3.8) is 0 Å². The van der Waals surface area contributed by atoms with Crippen LogP contribution >= 0.6 is 0 Å². The van der Waals surface area contributed by atoms with Crippen molar-refractivity contribution in [3.05, 3.63) is 29.6 Å². The summed E-state index contributed by atoms with van der Waals surface area (Å²) in [6, 6.07) is 5.24. The molecule has 1 aliphatic rings. The Kier molecular flexibility index (Phi) is 4.00. The molecule has 2 N–H and O–H groups in total. The molecule has 0 saturated heterocycles. The fraction of sp³-hybridized carbons (Fsp3) is 0.571. The molecular formula is C14H20FNO. The van der Waals surface area contributed by atoms with Gasteiger partial charge >= 0.3 is 0 Å². The Bertz CT molecular complexity index is 376. The Balaban J connectivity index is 1.99. The summed E-state index contributed by atoms with van der Waals surface area (Å²) in [4.78, 5) is 0. The average molecular weight is 237 g/mol. The van der Waals surface area contributed by atoms with E-state index in [1.54, 1.807) is 12.1 Å². The van der Waals surface area contributed by atoms with Crippen molar-refractivity contribution in [1.29, 1.82) is 0 Å². The zero-order chi connectivity index (χ0) is 12.3. The van der Waals surface area contributed by atoms with Crippen LogP contribution in [0.3, 0.4) is 0 Å². The minimum absolute atomic E-state index is 0.257. The summed E-state index contributed by atoms with van der Waals surface area (Å²) in [5.74, 6) is 1.06. The smallest absolute Gasteiger partial charge is 0.165 e. The van der Waals surface area contributed by atoms with Gasteiger partial charge in [-0.15, -0.1) is 0 Å². The molecule has 0 aliphatic heterocycles. The molecule has 1 fully saturated rings. The summed E-state index contributed by atoms with van der Waals surface area (Å²) in [5.41, 5.74) is 6.50. The van der Waals surface area contributed by atoms with Crippen LogP contribution < -0.4 is 10.5 Å². The number of hydrogen-bond donors (Lipinski definition) is 1. The van der Waals surface area contributed by atoms with Gasteiger partial charge in [0.1, 0.15) is 0 Å². The van der Waals surface area contributed by atoms with Gasteiger partial charge in [0.05, 0.1) is 6.61 Å². The standard InChI is InChI=1S/C14H20FNO/c1-10(6-7-16)12-4-5-14(13(15)8-12)17-9-11-2-3-11/h4-5,8,10-11H,2-3,6-7,9,16H2,1H3. The van der Waals surface area contributed by atoms with Crippen molar-refractivity contribution in [1.82, 2.24) is 0 Å². The monoisotopic (exact) mass is 237 g/mol. The molecule has 0 aromatic heterocycles. The predicted octanol–water partition coefficient (Wildman–Crippen LogP) is 3.07. The van der Waals surface area contributed by atoms with Crippen LogP contribution in [0.4, 0.5) is 4.39 Å². The van der Waals surface area contributed by atoms with Gasteiger partial charge in [-0.3, -0.25) is 0 Å². The topological polar surface area (TPSA) is 35.2 Å². The van der Waals surface area contributed by atoms with Crippen LogP contribution in [-0.4, -0.2) is 13.2 Å². The van der Waals surface area contributed by atoms with Gasteiger partial charge in [-0.05, 0) is 55.3 Å². The van der Waals surface area contributed by atoms with E-state index in [-0.39, 0.29) is 5.82 Å². The summed E-state index contributed by atoms with van der Waals surface area (Å²) in [6.45, 7) is 3.34. The van der Waals surface area contributed by atoms with Crippen LogP contribution in [0.25, 0.3) is 0 Å². The Morgan fingerprint density at radius 1 is 1.47 bits per heavy atom. The molecular weight excluding hydrogens is 217 g/mol. The summed E-state index contributed by atoms with van der Waals surface area (Å²) < 4.78 is 19.2. The van der Waals surface area contributed by atoms with Gasteiger partial charge in [0.25, 0.3) is 0 Å². The molecule has 2 nitrogen and oxygen atoms in total. The third-order valence-electron chi connectivity index (χ3n) is 3.30. The highest BCUT2D eigenvalue weighted by atomic mass is 19.1. The van der Waals surface area contributed by atoms with E-state index < -0.39 is 0 Å². The minimum Gasteiger partial charge on any atom is -0.490 e. The summed E-state index contributed by atoms with van der Waals surface area (Å²) in [5, 5.41) is 0. The van der Waals surface area contributed by atoms with Gasteiger partial charge in [0.2, 0.25) is 0 Å². The highest BCUT2D eigenvalue weighted by molar-refractivity contribution is 5.31. The van der Waals surface area contributed by atoms with Crippen LogP contribution in [0.5, 0.6) is 5.75 Å². The van der Waals surface area contributed by atoms with E-state index in [1.165, 1.54) is 12.8 Å². The van der Waals surface area contributed by atoms with Crippen LogP contribution in [-0.2, 0) is 0 Å². The van der Waals surface area contributed by atoms with Gasteiger partial charge in [-0.2, -0.15) is 0 Å². The molecule has 0 spiro atoms. The second-order valence-electron chi connectivity index (χ2n) is 4.92. The molecule has 17 heavy (non-hydrogen) atoms. The van der Waals surface area contributed by atoms with Gasteiger partial charge in [0, 0.05) is 0 Å². The van der Waals surface area contributed by atoms with Crippen LogP contribution in [0, 0.1) is 11.7 Å². The van der Waals surface area contributed by atoms with Crippen LogP contribution in [0.15, 0.2) is 18.2 Å². The molecule has 2 rings (SSSR count). The molecule has 0 amide bonds. The maximum atomic E-state index is 13.8. The number of benzene rings is 1. The Hall–Kier alpha value is -1.09. The highest BCUT2D eigenvalue weighted by Gasteiger charge is 2.22. The van der Waals surface area contributed by atoms with E-state index >= 15 is 0 Å². The Labute approximate surface area is 102 Å². The highest BCUT2D eigenvalue weighted by Crippen LogP contribution is 2.31. The first-order chi connectivity index (χ1) is 8.20. The third-order valence-corrected chi connectivity index (χ3v) is 3.30. The molecule has 1 unspecified atom stereocenters. The fourth-order valence-corrected chi connectivity index (χ4v) is 1.85. The quantitative estimate of drug-likeness (QED) is 0.825. The molecule has 94 valence electrons. The number of ether oxygens (including phenoxy) is 1. The lowest BCUT2D eigenvalue weighted by Crippen LogP contribution is -2.06. The van der Waals surface area contributed by atoms with Crippen molar-refractivity contribution in [2.75, 3.05) is 13.2 Å². The molecule has 1 aromatic rings. The van der Waals surface area contributed by atoms with E-state index in [0.29, 0.717) is 30.7 Å². The van der Waals surface area contributed by atoms with Crippen molar-refractivity contribution in [2.45, 2.75) is 32.1 Å². The summed E-state index contributed by atoms with van der Waals surface area (Å²) in [7, 11) is 0.